The first-order valence-corrected chi connectivity index (χ1v) is 9.03. The molecule has 0 radical (unpaired) electrons. The number of sulfone groups is 1. The number of hydrogen-bond acceptors (Lipinski definition) is 4. The monoisotopic (exact) mass is 325 g/mol. The number of benzene rings is 1. The number of rotatable bonds is 3. The van der Waals surface area contributed by atoms with Crippen molar-refractivity contribution < 1.29 is 8.42 Å². The molecule has 1 aliphatic rings. The van der Waals surface area contributed by atoms with Crippen LogP contribution in [0.25, 0.3) is 16.9 Å². The molecule has 1 aromatic carbocycles. The molecule has 0 aliphatic carbocycles. The van der Waals surface area contributed by atoms with E-state index in [1.807, 2.05) is 59.3 Å². The van der Waals surface area contributed by atoms with E-state index in [0.29, 0.717) is 0 Å². The fourth-order valence-electron chi connectivity index (χ4n) is 2.74. The molecule has 3 aromatic rings. The molecule has 5 nitrogen and oxygen atoms in total. The van der Waals surface area contributed by atoms with Gasteiger partial charge >= 0.3 is 0 Å². The largest absolute Gasteiger partial charge is 0.375 e. The zero-order chi connectivity index (χ0) is 15.9. The second-order valence-electron chi connectivity index (χ2n) is 5.55. The Kier molecular flexibility index (Phi) is 3.20. The summed E-state index contributed by atoms with van der Waals surface area (Å²) in [6, 6.07) is 13.6. The third kappa shape index (κ3) is 2.73. The molecule has 3 heterocycles. The summed E-state index contributed by atoms with van der Waals surface area (Å²) in [5.41, 5.74) is 3.53. The Morgan fingerprint density at radius 3 is 2.70 bits per heavy atom. The van der Waals surface area contributed by atoms with Crippen LogP contribution in [0.1, 0.15) is 0 Å². The second-order valence-corrected chi connectivity index (χ2v) is 7.49. The highest BCUT2D eigenvalue weighted by Crippen LogP contribution is 2.24. The van der Waals surface area contributed by atoms with Crippen molar-refractivity contribution in [3.8, 4) is 11.3 Å². The van der Waals surface area contributed by atoms with Crippen LogP contribution in [0.15, 0.2) is 66.3 Å². The quantitative estimate of drug-likeness (QED) is 0.804. The van der Waals surface area contributed by atoms with Crippen LogP contribution >= 0.6 is 0 Å². The SMILES string of the molecule is O=S1(=O)C=CC(Nc2cccn3cc(-c4ccccc4)nc23)C1. The van der Waals surface area contributed by atoms with Gasteiger partial charge in [-0.1, -0.05) is 36.4 Å². The molecule has 6 heteroatoms. The summed E-state index contributed by atoms with van der Waals surface area (Å²) in [6.45, 7) is 0. The molecule has 4 rings (SSSR count). The van der Waals surface area contributed by atoms with E-state index in [2.05, 4.69) is 10.3 Å². The van der Waals surface area contributed by atoms with Crippen LogP contribution in [-0.4, -0.2) is 29.6 Å². The van der Waals surface area contributed by atoms with Crippen LogP contribution < -0.4 is 5.32 Å². The van der Waals surface area contributed by atoms with E-state index in [1.165, 1.54) is 5.41 Å². The predicted molar refractivity (Wildman–Crippen MR) is 91.0 cm³/mol. The molecule has 0 amide bonds. The van der Waals surface area contributed by atoms with Crippen LogP contribution in [0.3, 0.4) is 0 Å². The van der Waals surface area contributed by atoms with Crippen LogP contribution in [0.2, 0.25) is 0 Å². The minimum atomic E-state index is -3.08. The van der Waals surface area contributed by atoms with Gasteiger partial charge in [-0.15, -0.1) is 0 Å². The highest BCUT2D eigenvalue weighted by Gasteiger charge is 2.22. The van der Waals surface area contributed by atoms with E-state index in [-0.39, 0.29) is 11.8 Å². The van der Waals surface area contributed by atoms with Crippen LogP contribution in [-0.2, 0) is 9.84 Å². The second kappa shape index (κ2) is 5.24. The number of fused-ring (bicyclic) bond motifs is 1. The normalized spacial score (nSPS) is 19.2. The molecular weight excluding hydrogens is 310 g/mol. The van der Waals surface area contributed by atoms with Crippen molar-refractivity contribution in [2.75, 3.05) is 11.1 Å². The molecule has 0 bridgehead atoms. The minimum Gasteiger partial charge on any atom is -0.375 e. The van der Waals surface area contributed by atoms with Gasteiger partial charge in [0.15, 0.2) is 15.5 Å². The molecule has 0 saturated carbocycles. The van der Waals surface area contributed by atoms with Gasteiger partial charge < -0.3 is 9.72 Å². The summed E-state index contributed by atoms with van der Waals surface area (Å²) in [5.74, 6) is 0.0836. The first-order valence-electron chi connectivity index (χ1n) is 7.31. The lowest BCUT2D eigenvalue weighted by molar-refractivity contribution is 0.605. The van der Waals surface area contributed by atoms with Gasteiger partial charge in [-0.3, -0.25) is 0 Å². The zero-order valence-electron chi connectivity index (χ0n) is 12.3. The Morgan fingerprint density at radius 2 is 1.96 bits per heavy atom. The molecule has 116 valence electrons. The van der Waals surface area contributed by atoms with Crippen LogP contribution in [0.4, 0.5) is 5.69 Å². The highest BCUT2D eigenvalue weighted by atomic mass is 32.2. The summed E-state index contributed by atoms with van der Waals surface area (Å²) in [6.07, 6.45) is 5.58. The zero-order valence-corrected chi connectivity index (χ0v) is 13.1. The number of anilines is 1. The van der Waals surface area contributed by atoms with Gasteiger partial charge in [0.2, 0.25) is 0 Å². The summed E-state index contributed by atoms with van der Waals surface area (Å²) in [7, 11) is -3.08. The molecular formula is C17H15N3O2S. The van der Waals surface area contributed by atoms with Gasteiger partial charge in [0.05, 0.1) is 23.2 Å². The lowest BCUT2D eigenvalue weighted by atomic mass is 10.2. The topological polar surface area (TPSA) is 63.5 Å². The first kappa shape index (κ1) is 14.0. The van der Waals surface area contributed by atoms with Crippen molar-refractivity contribution in [2.45, 2.75) is 6.04 Å². The molecule has 2 aromatic heterocycles. The molecule has 1 N–H and O–H groups in total. The van der Waals surface area contributed by atoms with Gasteiger partial charge in [-0.05, 0) is 12.1 Å². The van der Waals surface area contributed by atoms with Gasteiger partial charge in [-0.25, -0.2) is 13.4 Å². The van der Waals surface area contributed by atoms with Gasteiger partial charge in [-0.2, -0.15) is 0 Å². The Balaban J connectivity index is 1.71. The summed E-state index contributed by atoms with van der Waals surface area (Å²) in [4.78, 5) is 4.69. The highest BCUT2D eigenvalue weighted by molar-refractivity contribution is 7.94. The lowest BCUT2D eigenvalue weighted by Gasteiger charge is -2.12. The molecule has 0 fully saturated rings. The van der Waals surface area contributed by atoms with Crippen LogP contribution in [0, 0.1) is 0 Å². The summed E-state index contributed by atoms with van der Waals surface area (Å²) >= 11 is 0. The Morgan fingerprint density at radius 1 is 1.13 bits per heavy atom. The van der Waals surface area contributed by atoms with Crippen molar-refractivity contribution >= 4 is 21.2 Å². The Bertz CT molecular complexity index is 991. The molecule has 1 atom stereocenters. The average Bonchev–Trinajstić information content (AvgIpc) is 3.12. The number of aromatic nitrogens is 2. The number of pyridine rings is 1. The summed E-state index contributed by atoms with van der Waals surface area (Å²) < 4.78 is 25.0. The van der Waals surface area contributed by atoms with Crippen molar-refractivity contribution in [3.63, 3.8) is 0 Å². The van der Waals surface area contributed by atoms with Crippen molar-refractivity contribution in [3.05, 3.63) is 66.3 Å². The average molecular weight is 325 g/mol. The minimum absolute atomic E-state index is 0.0836. The van der Waals surface area contributed by atoms with E-state index in [9.17, 15) is 8.42 Å². The fraction of sp³-hybridized carbons (Fsp3) is 0.118. The number of nitrogens with zero attached hydrogens (tertiary/aromatic N) is 2. The van der Waals surface area contributed by atoms with Crippen LogP contribution in [0.5, 0.6) is 0 Å². The van der Waals surface area contributed by atoms with E-state index in [0.717, 1.165) is 22.6 Å². The Hall–Kier alpha value is -2.60. The van der Waals surface area contributed by atoms with Crippen molar-refractivity contribution in [1.82, 2.24) is 9.38 Å². The summed E-state index contributed by atoms with van der Waals surface area (Å²) in [5, 5.41) is 4.52. The van der Waals surface area contributed by atoms with Crippen molar-refractivity contribution in [1.29, 1.82) is 0 Å². The maximum Gasteiger partial charge on any atom is 0.173 e. The third-order valence-corrected chi connectivity index (χ3v) is 5.22. The fourth-order valence-corrected chi connectivity index (χ4v) is 3.97. The molecule has 23 heavy (non-hydrogen) atoms. The van der Waals surface area contributed by atoms with E-state index < -0.39 is 9.84 Å². The van der Waals surface area contributed by atoms with E-state index in [1.54, 1.807) is 6.08 Å². The Labute approximate surface area is 134 Å². The standard InChI is InChI=1S/C17H15N3O2S/c21-23(22)10-8-14(12-23)18-15-7-4-9-20-11-16(19-17(15)20)13-5-2-1-3-6-13/h1-11,14,18H,12H2. The molecule has 0 saturated heterocycles. The van der Waals surface area contributed by atoms with E-state index >= 15 is 0 Å². The molecule has 0 spiro atoms. The smallest absolute Gasteiger partial charge is 0.173 e. The van der Waals surface area contributed by atoms with Gasteiger partial charge in [0.25, 0.3) is 0 Å². The number of nitrogens with one attached hydrogen (secondary N) is 1. The van der Waals surface area contributed by atoms with Gasteiger partial charge in [0.1, 0.15) is 0 Å². The van der Waals surface area contributed by atoms with Gasteiger partial charge in [0, 0.05) is 23.4 Å². The maximum atomic E-state index is 11.5. The van der Waals surface area contributed by atoms with E-state index in [4.69, 9.17) is 0 Å². The first-order chi connectivity index (χ1) is 11.1. The molecule has 1 aliphatic heterocycles. The third-order valence-electron chi connectivity index (χ3n) is 3.82. The molecule has 1 unspecified atom stereocenters. The lowest BCUT2D eigenvalue weighted by Crippen LogP contribution is -2.21. The number of hydrogen-bond donors (Lipinski definition) is 1. The number of imidazole rings is 1. The predicted octanol–water partition coefficient (Wildman–Crippen LogP) is 2.72. The maximum absolute atomic E-state index is 11.5. The van der Waals surface area contributed by atoms with Crippen molar-refractivity contribution in [2.24, 2.45) is 0 Å².